The van der Waals surface area contributed by atoms with Gasteiger partial charge >= 0.3 is 6.61 Å². The van der Waals surface area contributed by atoms with E-state index < -0.39 is 12.4 Å². The number of ether oxygens (including phenoxy) is 1. The maximum atomic E-state index is 12.9. The lowest BCUT2D eigenvalue weighted by Gasteiger charge is -2.04. The van der Waals surface area contributed by atoms with Crippen LogP contribution in [0.25, 0.3) is 6.08 Å². The minimum Gasteiger partial charge on any atom is -0.435 e. The van der Waals surface area contributed by atoms with Crippen LogP contribution in [0.1, 0.15) is 5.56 Å². The molecule has 0 unspecified atom stereocenters. The summed E-state index contributed by atoms with van der Waals surface area (Å²) in [5, 5.41) is 0. The van der Waals surface area contributed by atoms with Gasteiger partial charge in [-0.1, -0.05) is 12.7 Å². The summed E-state index contributed by atoms with van der Waals surface area (Å²) >= 11 is 0. The highest BCUT2D eigenvalue weighted by Crippen LogP contribution is 2.18. The monoisotopic (exact) mass is 188 g/mol. The van der Waals surface area contributed by atoms with Crippen molar-refractivity contribution in [3.63, 3.8) is 0 Å². The minimum atomic E-state index is -2.94. The van der Waals surface area contributed by atoms with Crippen LogP contribution in [0.15, 0.2) is 24.8 Å². The first-order chi connectivity index (χ1) is 6.13. The van der Waals surface area contributed by atoms with Crippen LogP contribution in [0.4, 0.5) is 13.2 Å². The molecule has 0 amide bonds. The lowest BCUT2D eigenvalue weighted by molar-refractivity contribution is -0.0499. The van der Waals surface area contributed by atoms with Crippen molar-refractivity contribution in [2.24, 2.45) is 0 Å². The average Bonchev–Trinajstić information content (AvgIpc) is 2.03. The molecule has 0 saturated heterocycles. The molecule has 0 saturated carbocycles. The normalized spacial score (nSPS) is 10.2. The largest absolute Gasteiger partial charge is 0.435 e. The van der Waals surface area contributed by atoms with Crippen molar-refractivity contribution in [1.82, 2.24) is 0 Å². The third-order valence-corrected chi connectivity index (χ3v) is 1.42. The van der Waals surface area contributed by atoms with Crippen molar-refractivity contribution in [1.29, 1.82) is 0 Å². The number of rotatable bonds is 3. The molecule has 4 heteroatoms. The predicted octanol–water partition coefficient (Wildman–Crippen LogP) is 3.07. The Balaban J connectivity index is 2.89. The third kappa shape index (κ3) is 2.50. The molecular formula is C9H7F3O. The maximum absolute atomic E-state index is 12.9. The summed E-state index contributed by atoms with van der Waals surface area (Å²) < 4.78 is 40.2. The second-order valence-electron chi connectivity index (χ2n) is 2.27. The number of hydrogen-bond acceptors (Lipinski definition) is 1. The van der Waals surface area contributed by atoms with E-state index in [0.717, 1.165) is 6.07 Å². The predicted molar refractivity (Wildman–Crippen MR) is 43.1 cm³/mol. The molecule has 0 aliphatic rings. The van der Waals surface area contributed by atoms with Gasteiger partial charge in [-0.05, 0) is 12.1 Å². The molecule has 0 radical (unpaired) electrons. The van der Waals surface area contributed by atoms with Gasteiger partial charge in [-0.25, -0.2) is 4.39 Å². The van der Waals surface area contributed by atoms with Crippen molar-refractivity contribution in [2.75, 3.05) is 0 Å². The second-order valence-corrected chi connectivity index (χ2v) is 2.27. The van der Waals surface area contributed by atoms with E-state index >= 15 is 0 Å². The first kappa shape index (κ1) is 9.64. The molecule has 0 aliphatic heterocycles. The van der Waals surface area contributed by atoms with E-state index in [1.165, 1.54) is 18.2 Å². The van der Waals surface area contributed by atoms with E-state index in [2.05, 4.69) is 11.3 Å². The van der Waals surface area contributed by atoms with Crippen molar-refractivity contribution >= 4 is 6.08 Å². The van der Waals surface area contributed by atoms with Gasteiger partial charge in [0.25, 0.3) is 0 Å². The standard InChI is InChI=1S/C9H7F3O/c1-2-6-3-4-7(5-8(6)10)13-9(11)12/h2-5,9H,1H2. The number of halogens is 3. The van der Waals surface area contributed by atoms with Gasteiger partial charge in [-0.2, -0.15) is 8.78 Å². The van der Waals surface area contributed by atoms with Crippen LogP contribution in [0.3, 0.4) is 0 Å². The summed E-state index contributed by atoms with van der Waals surface area (Å²) in [6.45, 7) is 0.417. The van der Waals surface area contributed by atoms with Gasteiger partial charge < -0.3 is 4.74 Å². The van der Waals surface area contributed by atoms with E-state index in [9.17, 15) is 13.2 Å². The van der Waals surface area contributed by atoms with Gasteiger partial charge in [-0.3, -0.25) is 0 Å². The molecule has 0 fully saturated rings. The Morgan fingerprint density at radius 2 is 2.08 bits per heavy atom. The number of benzene rings is 1. The molecule has 1 aromatic carbocycles. The van der Waals surface area contributed by atoms with Crippen LogP contribution >= 0.6 is 0 Å². The fourth-order valence-corrected chi connectivity index (χ4v) is 0.850. The Kier molecular flexibility index (Phi) is 2.95. The molecule has 13 heavy (non-hydrogen) atoms. The molecule has 1 rings (SSSR count). The van der Waals surface area contributed by atoms with Gasteiger partial charge in [-0.15, -0.1) is 0 Å². The summed E-state index contributed by atoms with van der Waals surface area (Å²) in [7, 11) is 0. The first-order valence-electron chi connectivity index (χ1n) is 3.50. The van der Waals surface area contributed by atoms with Crippen molar-refractivity contribution in [2.45, 2.75) is 6.61 Å². The van der Waals surface area contributed by atoms with E-state index in [-0.39, 0.29) is 11.3 Å². The molecule has 0 heterocycles. The van der Waals surface area contributed by atoms with Crippen LogP contribution < -0.4 is 4.74 Å². The minimum absolute atomic E-state index is 0.196. The summed E-state index contributed by atoms with van der Waals surface area (Å²) in [4.78, 5) is 0. The van der Waals surface area contributed by atoms with Crippen LogP contribution in [-0.2, 0) is 0 Å². The Hall–Kier alpha value is -1.45. The van der Waals surface area contributed by atoms with E-state index in [4.69, 9.17) is 0 Å². The number of hydrogen-bond donors (Lipinski definition) is 0. The highest BCUT2D eigenvalue weighted by Gasteiger charge is 2.06. The summed E-state index contributed by atoms with van der Waals surface area (Å²) in [6, 6.07) is 3.47. The third-order valence-electron chi connectivity index (χ3n) is 1.42. The van der Waals surface area contributed by atoms with Crippen LogP contribution in [0.2, 0.25) is 0 Å². The van der Waals surface area contributed by atoms with Crippen LogP contribution in [-0.4, -0.2) is 6.61 Å². The quantitative estimate of drug-likeness (QED) is 0.708. The van der Waals surface area contributed by atoms with Gasteiger partial charge in [0.05, 0.1) is 0 Å². The zero-order chi connectivity index (χ0) is 9.84. The Labute approximate surface area is 73.4 Å². The molecule has 0 aromatic heterocycles. The molecule has 1 aromatic rings. The van der Waals surface area contributed by atoms with E-state index in [0.29, 0.717) is 0 Å². The molecule has 70 valence electrons. The molecule has 0 bridgehead atoms. The van der Waals surface area contributed by atoms with E-state index in [1.807, 2.05) is 0 Å². The molecule has 0 spiro atoms. The highest BCUT2D eigenvalue weighted by atomic mass is 19.3. The SMILES string of the molecule is C=Cc1ccc(OC(F)F)cc1F. The Morgan fingerprint density at radius 1 is 1.38 bits per heavy atom. The van der Waals surface area contributed by atoms with Crippen molar-refractivity contribution in [3.8, 4) is 5.75 Å². The number of alkyl halides is 2. The molecular weight excluding hydrogens is 181 g/mol. The lowest BCUT2D eigenvalue weighted by Crippen LogP contribution is -2.02. The van der Waals surface area contributed by atoms with Gasteiger partial charge in [0.1, 0.15) is 11.6 Å². The fraction of sp³-hybridized carbons (Fsp3) is 0.111. The van der Waals surface area contributed by atoms with Crippen LogP contribution in [0.5, 0.6) is 5.75 Å². The summed E-state index contributed by atoms with van der Waals surface area (Å²) in [5.41, 5.74) is 0.251. The lowest BCUT2D eigenvalue weighted by atomic mass is 10.2. The Morgan fingerprint density at radius 3 is 2.54 bits per heavy atom. The smallest absolute Gasteiger partial charge is 0.387 e. The van der Waals surface area contributed by atoms with Gasteiger partial charge in [0.15, 0.2) is 0 Å². The zero-order valence-electron chi connectivity index (χ0n) is 6.64. The molecule has 0 aliphatic carbocycles. The first-order valence-corrected chi connectivity index (χ1v) is 3.50. The molecule has 0 N–H and O–H groups in total. The summed E-state index contributed by atoms with van der Waals surface area (Å²) in [6.07, 6.45) is 1.29. The highest BCUT2D eigenvalue weighted by molar-refractivity contribution is 5.49. The van der Waals surface area contributed by atoms with Crippen molar-refractivity contribution in [3.05, 3.63) is 36.2 Å². The Bertz CT molecular complexity index is 310. The molecule has 1 nitrogen and oxygen atoms in total. The fourth-order valence-electron chi connectivity index (χ4n) is 0.850. The van der Waals surface area contributed by atoms with Crippen molar-refractivity contribution < 1.29 is 17.9 Å². The topological polar surface area (TPSA) is 9.23 Å². The molecule has 0 atom stereocenters. The second kappa shape index (κ2) is 3.98. The van der Waals surface area contributed by atoms with E-state index in [1.54, 1.807) is 0 Å². The van der Waals surface area contributed by atoms with Crippen LogP contribution in [0, 0.1) is 5.82 Å². The maximum Gasteiger partial charge on any atom is 0.387 e. The van der Waals surface area contributed by atoms with Gasteiger partial charge in [0, 0.05) is 11.6 Å². The summed E-state index contributed by atoms with van der Waals surface area (Å²) in [5.74, 6) is -0.828. The zero-order valence-corrected chi connectivity index (χ0v) is 6.64. The average molecular weight is 188 g/mol. The van der Waals surface area contributed by atoms with Gasteiger partial charge in [0.2, 0.25) is 0 Å².